The third-order valence-corrected chi connectivity index (χ3v) is 4.70. The van der Waals surface area contributed by atoms with E-state index < -0.39 is 10.0 Å². The maximum atomic E-state index is 12.1. The van der Waals surface area contributed by atoms with E-state index in [-0.39, 0.29) is 42.2 Å². The smallest absolute Gasteiger partial charge is 0.240 e. The van der Waals surface area contributed by atoms with Crippen LogP contribution >= 0.6 is 12.4 Å². The average Bonchev–Trinajstić information content (AvgIpc) is 2.45. The highest BCUT2D eigenvalue weighted by molar-refractivity contribution is 7.89. The molecule has 0 aliphatic heterocycles. The van der Waals surface area contributed by atoms with Crippen molar-refractivity contribution in [2.24, 2.45) is 11.7 Å². The van der Waals surface area contributed by atoms with E-state index in [0.717, 1.165) is 5.56 Å². The van der Waals surface area contributed by atoms with Gasteiger partial charge in [-0.2, -0.15) is 0 Å². The van der Waals surface area contributed by atoms with Crippen LogP contribution in [0.2, 0.25) is 0 Å². The number of hydrogen-bond donors (Lipinski definition) is 2. The van der Waals surface area contributed by atoms with Crippen LogP contribution < -0.4 is 10.5 Å². The molecule has 0 bridgehead atoms. The molecule has 1 aromatic rings. The zero-order valence-corrected chi connectivity index (χ0v) is 14.7. The van der Waals surface area contributed by atoms with Crippen molar-refractivity contribution in [2.45, 2.75) is 18.7 Å². The fourth-order valence-corrected chi connectivity index (χ4v) is 2.76. The highest BCUT2D eigenvalue weighted by Crippen LogP contribution is 2.09. The Labute approximate surface area is 138 Å². The Morgan fingerprint density at radius 2 is 1.86 bits per heavy atom. The Morgan fingerprint density at radius 1 is 1.32 bits per heavy atom. The first-order chi connectivity index (χ1) is 9.77. The van der Waals surface area contributed by atoms with Crippen molar-refractivity contribution in [3.63, 3.8) is 0 Å². The number of nitrogens with two attached hydrogens (primary N) is 1. The molecule has 0 aliphatic carbocycles. The predicted octanol–water partition coefficient (Wildman–Crippen LogP) is 0.748. The van der Waals surface area contributed by atoms with Crippen LogP contribution in [0.5, 0.6) is 0 Å². The van der Waals surface area contributed by atoms with Gasteiger partial charge in [0.1, 0.15) is 0 Å². The van der Waals surface area contributed by atoms with Crippen LogP contribution in [-0.4, -0.2) is 45.9 Å². The molecule has 0 aromatic heterocycles. The van der Waals surface area contributed by atoms with Crippen molar-refractivity contribution in [2.75, 3.05) is 26.7 Å². The van der Waals surface area contributed by atoms with Gasteiger partial charge in [-0.1, -0.05) is 24.6 Å². The molecule has 1 amide bonds. The third kappa shape index (κ3) is 5.92. The van der Waals surface area contributed by atoms with Crippen molar-refractivity contribution in [1.29, 1.82) is 0 Å². The van der Waals surface area contributed by atoms with E-state index in [0.29, 0.717) is 6.54 Å². The summed E-state index contributed by atoms with van der Waals surface area (Å²) in [5, 5.41) is 0. The molecule has 22 heavy (non-hydrogen) atoms. The van der Waals surface area contributed by atoms with Crippen LogP contribution in [0.4, 0.5) is 0 Å². The maximum absolute atomic E-state index is 12.1. The van der Waals surface area contributed by atoms with Crippen molar-refractivity contribution in [3.8, 4) is 0 Å². The molecule has 8 heteroatoms. The number of rotatable bonds is 7. The van der Waals surface area contributed by atoms with Crippen LogP contribution in [0, 0.1) is 12.8 Å². The molecule has 0 spiro atoms. The van der Waals surface area contributed by atoms with Gasteiger partial charge in [-0.3, -0.25) is 4.79 Å². The zero-order valence-electron chi connectivity index (χ0n) is 13.1. The van der Waals surface area contributed by atoms with Gasteiger partial charge in [-0.15, -0.1) is 12.4 Å². The van der Waals surface area contributed by atoms with E-state index in [4.69, 9.17) is 5.73 Å². The fourth-order valence-electron chi connectivity index (χ4n) is 1.74. The molecule has 0 heterocycles. The van der Waals surface area contributed by atoms with Crippen LogP contribution in [0.15, 0.2) is 29.2 Å². The molecular weight excluding hydrogens is 326 g/mol. The number of carbonyl (C=O) groups excluding carboxylic acids is 1. The molecular formula is C14H24ClN3O3S. The van der Waals surface area contributed by atoms with Crippen LogP contribution in [0.3, 0.4) is 0 Å². The molecule has 6 nitrogen and oxygen atoms in total. The molecule has 0 radical (unpaired) electrons. The number of aryl methyl sites for hydroxylation is 1. The molecule has 1 atom stereocenters. The summed E-state index contributed by atoms with van der Waals surface area (Å²) in [6.45, 7) is 4.38. The number of benzene rings is 1. The van der Waals surface area contributed by atoms with E-state index in [1.54, 1.807) is 38.2 Å². The van der Waals surface area contributed by atoms with E-state index in [1.807, 2.05) is 6.92 Å². The van der Waals surface area contributed by atoms with Gasteiger partial charge in [0.15, 0.2) is 0 Å². The second-order valence-corrected chi connectivity index (χ2v) is 6.87. The minimum Gasteiger partial charge on any atom is -0.344 e. The van der Waals surface area contributed by atoms with E-state index >= 15 is 0 Å². The lowest BCUT2D eigenvalue weighted by molar-refractivity contribution is -0.133. The molecule has 1 rings (SSSR count). The topological polar surface area (TPSA) is 92.5 Å². The van der Waals surface area contributed by atoms with Crippen LogP contribution in [0.1, 0.15) is 12.5 Å². The fraction of sp³-hybridized carbons (Fsp3) is 0.500. The summed E-state index contributed by atoms with van der Waals surface area (Å²) in [7, 11) is -1.90. The van der Waals surface area contributed by atoms with Gasteiger partial charge in [0.05, 0.1) is 4.90 Å². The van der Waals surface area contributed by atoms with Crippen LogP contribution in [0.25, 0.3) is 0 Å². The molecule has 0 aliphatic rings. The number of hydrogen-bond acceptors (Lipinski definition) is 4. The number of halogens is 1. The van der Waals surface area contributed by atoms with Crippen molar-refractivity contribution in [1.82, 2.24) is 9.62 Å². The Morgan fingerprint density at radius 3 is 2.36 bits per heavy atom. The Bertz CT molecular complexity index is 576. The zero-order chi connectivity index (χ0) is 16.0. The van der Waals surface area contributed by atoms with Gasteiger partial charge in [-0.25, -0.2) is 13.1 Å². The average molecular weight is 350 g/mol. The first-order valence-corrected chi connectivity index (χ1v) is 8.27. The first kappa shape index (κ1) is 20.9. The standard InChI is InChI=1S/C14H23N3O3S.ClH/c1-11-4-6-13(7-5-11)21(19,20)16-8-9-17(3)14(18)12(2)10-15;/h4-7,12,16H,8-10,15H2,1-3H3;1H. The number of amides is 1. The van der Waals surface area contributed by atoms with Gasteiger partial charge < -0.3 is 10.6 Å². The van der Waals surface area contributed by atoms with Gasteiger partial charge in [0, 0.05) is 32.6 Å². The molecule has 1 aromatic carbocycles. The summed E-state index contributed by atoms with van der Waals surface area (Å²) in [5.41, 5.74) is 6.43. The van der Waals surface area contributed by atoms with Crippen molar-refractivity contribution < 1.29 is 13.2 Å². The summed E-state index contributed by atoms with van der Waals surface area (Å²) < 4.78 is 26.6. The van der Waals surface area contributed by atoms with E-state index in [1.165, 1.54) is 4.90 Å². The molecule has 126 valence electrons. The van der Waals surface area contributed by atoms with Gasteiger partial charge in [-0.05, 0) is 19.1 Å². The molecule has 3 N–H and O–H groups in total. The second-order valence-electron chi connectivity index (χ2n) is 5.11. The highest BCUT2D eigenvalue weighted by Gasteiger charge is 2.17. The van der Waals surface area contributed by atoms with Crippen LogP contribution in [-0.2, 0) is 14.8 Å². The number of carbonyl (C=O) groups is 1. The van der Waals surface area contributed by atoms with Gasteiger partial charge in [0.25, 0.3) is 0 Å². The molecule has 0 saturated carbocycles. The lowest BCUT2D eigenvalue weighted by atomic mass is 10.1. The van der Waals surface area contributed by atoms with Gasteiger partial charge in [0.2, 0.25) is 15.9 Å². The Balaban J connectivity index is 0.00000441. The first-order valence-electron chi connectivity index (χ1n) is 6.79. The maximum Gasteiger partial charge on any atom is 0.240 e. The van der Waals surface area contributed by atoms with E-state index in [9.17, 15) is 13.2 Å². The number of likely N-dealkylation sites (N-methyl/N-ethyl adjacent to an activating group) is 1. The second kappa shape index (κ2) is 9.09. The van der Waals surface area contributed by atoms with E-state index in [2.05, 4.69) is 4.72 Å². The number of nitrogens with zero attached hydrogens (tertiary/aromatic N) is 1. The summed E-state index contributed by atoms with van der Waals surface area (Å²) in [5.74, 6) is -0.351. The Kier molecular flexibility index (Phi) is 8.62. The predicted molar refractivity (Wildman–Crippen MR) is 89.5 cm³/mol. The van der Waals surface area contributed by atoms with Crippen molar-refractivity contribution in [3.05, 3.63) is 29.8 Å². The number of nitrogens with one attached hydrogen (secondary N) is 1. The quantitative estimate of drug-likeness (QED) is 0.759. The SMILES string of the molecule is Cc1ccc(S(=O)(=O)NCCN(C)C(=O)C(C)CN)cc1.Cl. The lowest BCUT2D eigenvalue weighted by Crippen LogP contribution is -2.40. The summed E-state index contributed by atoms with van der Waals surface area (Å²) in [4.78, 5) is 13.5. The highest BCUT2D eigenvalue weighted by atomic mass is 35.5. The minimum atomic E-state index is -3.54. The lowest BCUT2D eigenvalue weighted by Gasteiger charge is -2.20. The monoisotopic (exact) mass is 349 g/mol. The van der Waals surface area contributed by atoms with Crippen molar-refractivity contribution >= 4 is 28.3 Å². The molecule has 1 unspecified atom stereocenters. The summed E-state index contributed by atoms with van der Waals surface area (Å²) >= 11 is 0. The largest absolute Gasteiger partial charge is 0.344 e. The van der Waals surface area contributed by atoms with Gasteiger partial charge >= 0.3 is 0 Å². The number of sulfonamides is 1. The molecule has 0 saturated heterocycles. The minimum absolute atomic E-state index is 0. The third-order valence-electron chi connectivity index (χ3n) is 3.22. The normalized spacial score (nSPS) is 12.4. The molecule has 0 fully saturated rings. The summed E-state index contributed by atoms with van der Waals surface area (Å²) in [6, 6.07) is 6.60. The summed E-state index contributed by atoms with van der Waals surface area (Å²) in [6.07, 6.45) is 0. The Hall–Kier alpha value is -1.15.